The number of hydrogen-bond acceptors (Lipinski definition) is 6. The van der Waals surface area contributed by atoms with Crippen molar-refractivity contribution >= 4 is 5.97 Å². The molecule has 0 saturated heterocycles. The van der Waals surface area contributed by atoms with Crippen LogP contribution in [-0.4, -0.2) is 32.5 Å². The van der Waals surface area contributed by atoms with E-state index in [0.717, 1.165) is 6.42 Å². The summed E-state index contributed by atoms with van der Waals surface area (Å²) in [7, 11) is 0. The van der Waals surface area contributed by atoms with E-state index in [-0.39, 0.29) is 0 Å². The van der Waals surface area contributed by atoms with Crippen molar-refractivity contribution < 1.29 is 9.53 Å². The second kappa shape index (κ2) is 6.70. The van der Waals surface area contributed by atoms with Gasteiger partial charge in [0.2, 0.25) is 0 Å². The highest BCUT2D eigenvalue weighted by Gasteiger charge is 2.16. The molecule has 0 atom stereocenters. The van der Waals surface area contributed by atoms with Crippen LogP contribution in [0.5, 0.6) is 0 Å². The van der Waals surface area contributed by atoms with E-state index in [2.05, 4.69) is 19.9 Å². The lowest BCUT2D eigenvalue weighted by Crippen LogP contribution is -2.11. The van der Waals surface area contributed by atoms with E-state index in [1.807, 2.05) is 6.92 Å². The van der Waals surface area contributed by atoms with Crippen molar-refractivity contribution in [3.05, 3.63) is 35.9 Å². The molecular formula is C14H16N4O2. The summed E-state index contributed by atoms with van der Waals surface area (Å²) in [5, 5.41) is 0. The molecule has 0 aliphatic carbocycles. The number of ether oxygens (including phenoxy) is 1. The SMILES string of the molecule is CCCc1nc(-c2ncccn2)ncc1C(=O)OCC. The van der Waals surface area contributed by atoms with Gasteiger partial charge in [-0.15, -0.1) is 0 Å². The average molecular weight is 272 g/mol. The molecule has 0 spiro atoms. The highest BCUT2D eigenvalue weighted by Crippen LogP contribution is 2.14. The number of aryl methyl sites for hydroxylation is 1. The van der Waals surface area contributed by atoms with Gasteiger partial charge in [-0.25, -0.2) is 24.7 Å². The summed E-state index contributed by atoms with van der Waals surface area (Å²) in [5.41, 5.74) is 1.08. The standard InChI is InChI=1S/C14H16N4O2/c1-3-6-11-10(14(19)20-4-2)9-17-13(18-11)12-15-7-5-8-16-12/h5,7-9H,3-4,6H2,1-2H3. The zero-order valence-electron chi connectivity index (χ0n) is 11.5. The van der Waals surface area contributed by atoms with Crippen molar-refractivity contribution in [1.82, 2.24) is 19.9 Å². The number of carbonyl (C=O) groups is 1. The van der Waals surface area contributed by atoms with Gasteiger partial charge in [-0.2, -0.15) is 0 Å². The molecule has 20 heavy (non-hydrogen) atoms. The fourth-order valence-electron chi connectivity index (χ4n) is 1.75. The van der Waals surface area contributed by atoms with Crippen LogP contribution >= 0.6 is 0 Å². The van der Waals surface area contributed by atoms with E-state index >= 15 is 0 Å². The molecule has 2 rings (SSSR count). The van der Waals surface area contributed by atoms with Gasteiger partial charge in [-0.3, -0.25) is 0 Å². The third-order valence-corrected chi connectivity index (χ3v) is 2.62. The molecule has 0 bridgehead atoms. The van der Waals surface area contributed by atoms with E-state index in [0.29, 0.717) is 35.9 Å². The van der Waals surface area contributed by atoms with Gasteiger partial charge in [0.15, 0.2) is 11.6 Å². The Labute approximate surface area is 117 Å². The predicted octanol–water partition coefficient (Wildman–Crippen LogP) is 2.06. The Hall–Kier alpha value is -2.37. The van der Waals surface area contributed by atoms with Crippen LogP contribution in [0, 0.1) is 0 Å². The summed E-state index contributed by atoms with van der Waals surface area (Å²) in [6, 6.07) is 1.73. The van der Waals surface area contributed by atoms with Gasteiger partial charge in [0, 0.05) is 18.6 Å². The third kappa shape index (κ3) is 3.14. The summed E-state index contributed by atoms with van der Waals surface area (Å²) >= 11 is 0. The maximum Gasteiger partial charge on any atom is 0.341 e. The minimum atomic E-state index is -0.392. The summed E-state index contributed by atoms with van der Waals surface area (Å²) < 4.78 is 5.01. The lowest BCUT2D eigenvalue weighted by Gasteiger charge is -2.08. The smallest absolute Gasteiger partial charge is 0.341 e. The second-order valence-electron chi connectivity index (χ2n) is 4.10. The van der Waals surface area contributed by atoms with Gasteiger partial charge in [0.1, 0.15) is 0 Å². The number of carbonyl (C=O) groups excluding carboxylic acids is 1. The molecule has 0 aromatic carbocycles. The molecule has 0 saturated carbocycles. The largest absolute Gasteiger partial charge is 0.462 e. The Morgan fingerprint density at radius 3 is 2.55 bits per heavy atom. The van der Waals surface area contributed by atoms with E-state index in [1.54, 1.807) is 25.4 Å². The van der Waals surface area contributed by atoms with E-state index in [4.69, 9.17) is 4.74 Å². The molecule has 0 aliphatic rings. The molecule has 0 radical (unpaired) electrons. The highest BCUT2D eigenvalue weighted by atomic mass is 16.5. The first-order valence-electron chi connectivity index (χ1n) is 6.56. The highest BCUT2D eigenvalue weighted by molar-refractivity contribution is 5.90. The Morgan fingerprint density at radius 1 is 1.15 bits per heavy atom. The van der Waals surface area contributed by atoms with Gasteiger partial charge in [0.05, 0.1) is 17.9 Å². The fraction of sp³-hybridized carbons (Fsp3) is 0.357. The monoisotopic (exact) mass is 272 g/mol. The van der Waals surface area contributed by atoms with E-state index < -0.39 is 5.97 Å². The summed E-state index contributed by atoms with van der Waals surface area (Å²) in [4.78, 5) is 28.6. The van der Waals surface area contributed by atoms with Crippen molar-refractivity contribution in [2.75, 3.05) is 6.61 Å². The lowest BCUT2D eigenvalue weighted by molar-refractivity contribution is 0.0524. The summed E-state index contributed by atoms with van der Waals surface area (Å²) in [6.07, 6.45) is 6.30. The minimum absolute atomic E-state index is 0.327. The van der Waals surface area contributed by atoms with Crippen LogP contribution in [0.2, 0.25) is 0 Å². The number of hydrogen-bond donors (Lipinski definition) is 0. The van der Waals surface area contributed by atoms with E-state index in [1.165, 1.54) is 6.20 Å². The van der Waals surface area contributed by atoms with Crippen molar-refractivity contribution in [1.29, 1.82) is 0 Å². The predicted molar refractivity (Wildman–Crippen MR) is 73.0 cm³/mol. The van der Waals surface area contributed by atoms with Crippen molar-refractivity contribution in [3.63, 3.8) is 0 Å². The zero-order chi connectivity index (χ0) is 14.4. The van der Waals surface area contributed by atoms with Crippen LogP contribution in [0.1, 0.15) is 36.3 Å². The van der Waals surface area contributed by atoms with Gasteiger partial charge >= 0.3 is 5.97 Å². The van der Waals surface area contributed by atoms with Gasteiger partial charge < -0.3 is 4.74 Å². The number of aromatic nitrogens is 4. The maximum atomic E-state index is 11.9. The van der Waals surface area contributed by atoms with E-state index in [9.17, 15) is 4.79 Å². The molecule has 104 valence electrons. The lowest BCUT2D eigenvalue weighted by atomic mass is 10.1. The second-order valence-corrected chi connectivity index (χ2v) is 4.10. The van der Waals surface area contributed by atoms with Crippen molar-refractivity contribution in [2.24, 2.45) is 0 Å². The first-order valence-corrected chi connectivity index (χ1v) is 6.56. The topological polar surface area (TPSA) is 77.9 Å². The molecule has 2 aromatic heterocycles. The number of rotatable bonds is 5. The van der Waals surface area contributed by atoms with Gasteiger partial charge in [-0.1, -0.05) is 13.3 Å². The summed E-state index contributed by atoms with van der Waals surface area (Å²) in [6.45, 7) is 4.12. The van der Waals surface area contributed by atoms with Gasteiger partial charge in [-0.05, 0) is 19.4 Å². The van der Waals surface area contributed by atoms with Gasteiger partial charge in [0.25, 0.3) is 0 Å². The van der Waals surface area contributed by atoms with Crippen molar-refractivity contribution in [2.45, 2.75) is 26.7 Å². The first-order chi connectivity index (χ1) is 9.76. The Morgan fingerprint density at radius 2 is 1.90 bits per heavy atom. The molecule has 0 aliphatic heterocycles. The van der Waals surface area contributed by atoms with Crippen LogP contribution in [0.15, 0.2) is 24.7 Å². The number of nitrogens with zero attached hydrogens (tertiary/aromatic N) is 4. The third-order valence-electron chi connectivity index (χ3n) is 2.62. The van der Waals surface area contributed by atoms with Crippen LogP contribution in [-0.2, 0) is 11.2 Å². The Bertz CT molecular complexity index is 587. The molecule has 0 N–H and O–H groups in total. The van der Waals surface area contributed by atoms with Crippen LogP contribution in [0.25, 0.3) is 11.6 Å². The maximum absolute atomic E-state index is 11.9. The fourth-order valence-corrected chi connectivity index (χ4v) is 1.75. The zero-order valence-corrected chi connectivity index (χ0v) is 11.5. The first kappa shape index (κ1) is 14.0. The van der Waals surface area contributed by atoms with Crippen LogP contribution < -0.4 is 0 Å². The normalized spacial score (nSPS) is 10.3. The summed E-state index contributed by atoms with van der Waals surface area (Å²) in [5.74, 6) is 0.471. The van der Waals surface area contributed by atoms with Crippen LogP contribution in [0.4, 0.5) is 0 Å². The molecule has 6 heteroatoms. The average Bonchev–Trinajstić information content (AvgIpc) is 2.48. The molecule has 0 amide bonds. The number of esters is 1. The van der Waals surface area contributed by atoms with Crippen molar-refractivity contribution in [3.8, 4) is 11.6 Å². The Balaban J connectivity index is 2.39. The molecule has 0 fully saturated rings. The Kier molecular flexibility index (Phi) is 4.70. The molecular weight excluding hydrogens is 256 g/mol. The molecule has 2 heterocycles. The molecule has 6 nitrogen and oxygen atoms in total. The molecule has 0 unspecified atom stereocenters. The molecule has 2 aromatic rings. The van der Waals surface area contributed by atoms with Crippen LogP contribution in [0.3, 0.4) is 0 Å². The quantitative estimate of drug-likeness (QED) is 0.775. The minimum Gasteiger partial charge on any atom is -0.462 e.